The Morgan fingerprint density at radius 2 is 1.70 bits per heavy atom. The lowest BCUT2D eigenvalue weighted by atomic mass is 10.1. The molecule has 30 heavy (non-hydrogen) atoms. The van der Waals surface area contributed by atoms with Gasteiger partial charge in [0.05, 0.1) is 10.7 Å². The summed E-state index contributed by atoms with van der Waals surface area (Å²) in [6, 6.07) is 14.6. The van der Waals surface area contributed by atoms with Gasteiger partial charge in [0.25, 0.3) is 0 Å². The van der Waals surface area contributed by atoms with Crippen LogP contribution in [0.3, 0.4) is 0 Å². The van der Waals surface area contributed by atoms with Crippen LogP contribution in [0.2, 0.25) is 10.0 Å². The van der Waals surface area contributed by atoms with Gasteiger partial charge < -0.3 is 9.73 Å². The molecule has 0 bridgehead atoms. The number of anilines is 1. The van der Waals surface area contributed by atoms with Gasteiger partial charge in [0.1, 0.15) is 17.7 Å². The van der Waals surface area contributed by atoms with E-state index in [1.807, 2.05) is 19.1 Å². The highest BCUT2D eigenvalue weighted by Gasteiger charge is 2.25. The number of benzene rings is 3. The van der Waals surface area contributed by atoms with Crippen LogP contribution in [0.1, 0.15) is 23.1 Å². The molecule has 1 N–H and O–H groups in total. The molecule has 0 aliphatic carbocycles. The third-order valence-corrected chi connectivity index (χ3v) is 5.10. The molecule has 152 valence electrons. The first kappa shape index (κ1) is 20.3. The summed E-state index contributed by atoms with van der Waals surface area (Å²) in [6.45, 7) is 1.92. The highest BCUT2D eigenvalue weighted by molar-refractivity contribution is 6.33. The van der Waals surface area contributed by atoms with Gasteiger partial charge in [-0.2, -0.15) is 0 Å². The summed E-state index contributed by atoms with van der Waals surface area (Å²) < 4.78 is 33.0. The van der Waals surface area contributed by atoms with Crippen LogP contribution in [0.4, 0.5) is 14.5 Å². The second-order valence-electron chi connectivity index (χ2n) is 6.68. The summed E-state index contributed by atoms with van der Waals surface area (Å²) in [6.07, 6.45) is 0. The van der Waals surface area contributed by atoms with Crippen molar-refractivity contribution in [2.24, 2.45) is 0 Å². The molecule has 4 nitrogen and oxygen atoms in total. The summed E-state index contributed by atoms with van der Waals surface area (Å²) in [5.41, 5.74) is 2.56. The van der Waals surface area contributed by atoms with Crippen molar-refractivity contribution in [1.82, 2.24) is 10.2 Å². The molecule has 1 atom stereocenters. The highest BCUT2D eigenvalue weighted by atomic mass is 35.5. The lowest BCUT2D eigenvalue weighted by molar-refractivity contribution is 0.493. The zero-order valence-corrected chi connectivity index (χ0v) is 17.2. The zero-order valence-electron chi connectivity index (χ0n) is 15.7. The van der Waals surface area contributed by atoms with Crippen LogP contribution in [0.15, 0.2) is 65.1 Å². The minimum atomic E-state index is -0.715. The molecule has 0 unspecified atom stereocenters. The maximum atomic E-state index is 13.6. The van der Waals surface area contributed by atoms with E-state index in [2.05, 4.69) is 15.5 Å². The van der Waals surface area contributed by atoms with Gasteiger partial charge in [-0.05, 0) is 55.0 Å². The van der Waals surface area contributed by atoms with Gasteiger partial charge >= 0.3 is 0 Å². The molecule has 1 aromatic heterocycles. The fourth-order valence-electron chi connectivity index (χ4n) is 2.99. The SMILES string of the molecule is Cc1ccc(N[C@@H](c2nnc(-c3cccc(F)c3)o2)c2ccc(F)cc2Cl)c(Cl)c1. The number of hydrogen-bond donors (Lipinski definition) is 1. The average molecular weight is 446 g/mol. The maximum absolute atomic E-state index is 13.6. The van der Waals surface area contributed by atoms with Crippen molar-refractivity contribution in [2.45, 2.75) is 13.0 Å². The van der Waals surface area contributed by atoms with E-state index in [-0.39, 0.29) is 16.8 Å². The fraction of sp³-hybridized carbons (Fsp3) is 0.0909. The normalized spacial score (nSPS) is 12.0. The molecule has 0 aliphatic heterocycles. The minimum Gasteiger partial charge on any atom is -0.418 e. The molecule has 0 saturated heterocycles. The van der Waals surface area contributed by atoms with E-state index < -0.39 is 17.7 Å². The Hall–Kier alpha value is -2.96. The average Bonchev–Trinajstić information content (AvgIpc) is 3.18. The number of hydrogen-bond acceptors (Lipinski definition) is 4. The van der Waals surface area contributed by atoms with Crippen LogP contribution < -0.4 is 5.32 Å². The summed E-state index contributed by atoms with van der Waals surface area (Å²) in [7, 11) is 0. The Kier molecular flexibility index (Phi) is 5.70. The molecule has 0 radical (unpaired) electrons. The molecule has 4 aromatic rings. The molecule has 0 fully saturated rings. The van der Waals surface area contributed by atoms with E-state index in [9.17, 15) is 8.78 Å². The number of rotatable bonds is 5. The number of halogens is 4. The van der Waals surface area contributed by atoms with Crippen molar-refractivity contribution in [3.63, 3.8) is 0 Å². The molecule has 4 rings (SSSR count). The van der Waals surface area contributed by atoms with Gasteiger partial charge in [0.2, 0.25) is 11.8 Å². The Morgan fingerprint density at radius 3 is 2.43 bits per heavy atom. The number of aromatic nitrogens is 2. The fourth-order valence-corrected chi connectivity index (χ4v) is 3.56. The van der Waals surface area contributed by atoms with Crippen molar-refractivity contribution in [3.8, 4) is 11.5 Å². The van der Waals surface area contributed by atoms with E-state index in [4.69, 9.17) is 27.6 Å². The Balaban J connectivity index is 1.77. The molecule has 0 aliphatic rings. The summed E-state index contributed by atoms with van der Waals surface area (Å²) in [5.74, 6) is -0.583. The third-order valence-electron chi connectivity index (χ3n) is 4.46. The molecule has 1 heterocycles. The lowest BCUT2D eigenvalue weighted by Crippen LogP contribution is -2.14. The van der Waals surface area contributed by atoms with Gasteiger partial charge in [-0.25, -0.2) is 8.78 Å². The van der Waals surface area contributed by atoms with Crippen LogP contribution in [-0.4, -0.2) is 10.2 Å². The molecular formula is C22H15Cl2F2N3O. The maximum Gasteiger partial charge on any atom is 0.247 e. The van der Waals surface area contributed by atoms with Crippen LogP contribution in [-0.2, 0) is 0 Å². The van der Waals surface area contributed by atoms with Crippen LogP contribution in [0.25, 0.3) is 11.5 Å². The van der Waals surface area contributed by atoms with E-state index in [0.717, 1.165) is 5.56 Å². The predicted molar refractivity (Wildman–Crippen MR) is 113 cm³/mol. The topological polar surface area (TPSA) is 51.0 Å². The van der Waals surface area contributed by atoms with Crippen LogP contribution in [0.5, 0.6) is 0 Å². The molecule has 8 heteroatoms. The van der Waals surface area contributed by atoms with E-state index >= 15 is 0 Å². The largest absolute Gasteiger partial charge is 0.418 e. The van der Waals surface area contributed by atoms with Gasteiger partial charge in [-0.15, -0.1) is 10.2 Å². The van der Waals surface area contributed by atoms with E-state index in [1.54, 1.807) is 18.2 Å². The zero-order chi connectivity index (χ0) is 21.3. The van der Waals surface area contributed by atoms with Crippen LogP contribution >= 0.6 is 23.2 Å². The number of aryl methyl sites for hydroxylation is 1. The lowest BCUT2D eigenvalue weighted by Gasteiger charge is -2.19. The number of nitrogens with zero attached hydrogens (tertiary/aromatic N) is 2. The van der Waals surface area contributed by atoms with Crippen LogP contribution in [0, 0.1) is 18.6 Å². The standard InChI is InChI=1S/C22H15Cl2F2N3O/c1-12-5-8-19(18(24)9-12)27-20(16-7-6-15(26)11-17(16)23)22-29-28-21(30-22)13-3-2-4-14(25)10-13/h2-11,20,27H,1H3/t20-/m1/s1. The number of nitrogens with one attached hydrogen (secondary N) is 1. The van der Waals surface area contributed by atoms with Gasteiger partial charge in [-0.3, -0.25) is 0 Å². The quantitative estimate of drug-likeness (QED) is 0.365. The Labute approximate surface area is 181 Å². The Morgan fingerprint density at radius 1 is 0.900 bits per heavy atom. The molecule has 3 aromatic carbocycles. The third kappa shape index (κ3) is 4.30. The van der Waals surface area contributed by atoms with Gasteiger partial charge in [0.15, 0.2) is 0 Å². The predicted octanol–water partition coefficient (Wildman–Crippen LogP) is 6.83. The van der Waals surface area contributed by atoms with Gasteiger partial charge in [0, 0.05) is 16.1 Å². The second kappa shape index (κ2) is 8.42. The molecule has 0 spiro atoms. The molecule has 0 saturated carbocycles. The van der Waals surface area contributed by atoms with Crippen molar-refractivity contribution < 1.29 is 13.2 Å². The summed E-state index contributed by atoms with van der Waals surface area (Å²) in [5, 5.41) is 12.0. The first-order chi connectivity index (χ1) is 14.4. The van der Waals surface area contributed by atoms with Crippen molar-refractivity contribution >= 4 is 28.9 Å². The summed E-state index contributed by atoms with van der Waals surface area (Å²) >= 11 is 12.7. The monoisotopic (exact) mass is 445 g/mol. The molecule has 0 amide bonds. The van der Waals surface area contributed by atoms with E-state index in [0.29, 0.717) is 21.8 Å². The van der Waals surface area contributed by atoms with Crippen molar-refractivity contribution in [3.05, 3.63) is 99.4 Å². The molecular weight excluding hydrogens is 431 g/mol. The summed E-state index contributed by atoms with van der Waals surface area (Å²) in [4.78, 5) is 0. The second-order valence-corrected chi connectivity index (χ2v) is 7.50. The van der Waals surface area contributed by atoms with E-state index in [1.165, 1.54) is 30.3 Å². The van der Waals surface area contributed by atoms with Crippen molar-refractivity contribution in [2.75, 3.05) is 5.32 Å². The van der Waals surface area contributed by atoms with Crippen molar-refractivity contribution in [1.29, 1.82) is 0 Å². The Bertz CT molecular complexity index is 1210. The first-order valence-electron chi connectivity index (χ1n) is 8.97. The van der Waals surface area contributed by atoms with Gasteiger partial charge in [-0.1, -0.05) is 41.4 Å². The first-order valence-corrected chi connectivity index (χ1v) is 9.73. The highest BCUT2D eigenvalue weighted by Crippen LogP contribution is 2.35. The smallest absolute Gasteiger partial charge is 0.247 e. The minimum absolute atomic E-state index is 0.143.